The fourth-order valence-corrected chi connectivity index (χ4v) is 4.00. The van der Waals surface area contributed by atoms with Gasteiger partial charge in [0, 0.05) is 5.02 Å². The monoisotopic (exact) mass is 502 g/mol. The lowest BCUT2D eigenvalue weighted by molar-refractivity contribution is -0.137. The predicted molar refractivity (Wildman–Crippen MR) is 116 cm³/mol. The van der Waals surface area contributed by atoms with Crippen LogP contribution in [0.2, 0.25) is 5.02 Å². The molecule has 2 aromatic carbocycles. The van der Waals surface area contributed by atoms with Gasteiger partial charge in [0.05, 0.1) is 17.0 Å². The molecule has 0 atom stereocenters. The average Bonchev–Trinajstić information content (AvgIpc) is 3.19. The Labute approximate surface area is 193 Å². The number of anilines is 2. The van der Waals surface area contributed by atoms with Crippen LogP contribution in [0.5, 0.6) is 5.75 Å². The summed E-state index contributed by atoms with van der Waals surface area (Å²) in [6, 6.07) is 11.2. The summed E-state index contributed by atoms with van der Waals surface area (Å²) in [4.78, 5) is 24.0. The van der Waals surface area contributed by atoms with Crippen molar-refractivity contribution in [3.8, 4) is 5.75 Å². The molecule has 0 aliphatic rings. The average molecular weight is 503 g/mol. The van der Waals surface area contributed by atoms with Crippen molar-refractivity contribution in [3.63, 3.8) is 0 Å². The Balaban J connectivity index is 1.46. The number of halogens is 4. The summed E-state index contributed by atoms with van der Waals surface area (Å²) >= 11 is 7.77. The number of rotatable bonds is 8. The Morgan fingerprint density at radius 2 is 1.75 bits per heavy atom. The number of thioether (sulfide) groups is 1. The second kappa shape index (κ2) is 10.7. The standard InChI is InChI=1S/C19H14ClF3N4O3S2/c20-11-5-7-12(8-6-11)30-9-15(28)25-17-26-27-18(32-17)31-10-16(29)24-14-4-2-1-3-13(14)19(21,22)23/h1-8H,9-10H2,(H,24,29)(H,25,26,28). The lowest BCUT2D eigenvalue weighted by atomic mass is 10.1. The molecule has 0 spiro atoms. The number of nitrogens with zero attached hydrogens (tertiary/aromatic N) is 2. The molecule has 0 bridgehead atoms. The Hall–Kier alpha value is -2.83. The van der Waals surface area contributed by atoms with Gasteiger partial charge in [-0.15, -0.1) is 10.2 Å². The first-order chi connectivity index (χ1) is 15.2. The third-order valence-electron chi connectivity index (χ3n) is 3.67. The van der Waals surface area contributed by atoms with Crippen molar-refractivity contribution in [2.45, 2.75) is 10.5 Å². The zero-order valence-corrected chi connectivity index (χ0v) is 18.4. The molecule has 2 amide bonds. The van der Waals surface area contributed by atoms with Crippen LogP contribution in [-0.4, -0.2) is 34.4 Å². The number of carbonyl (C=O) groups is 2. The summed E-state index contributed by atoms with van der Waals surface area (Å²) in [5, 5.41) is 13.1. The Kier molecular flexibility index (Phi) is 7.94. The third-order valence-corrected chi connectivity index (χ3v) is 5.89. The van der Waals surface area contributed by atoms with Gasteiger partial charge < -0.3 is 10.1 Å². The van der Waals surface area contributed by atoms with Crippen LogP contribution in [0.1, 0.15) is 5.56 Å². The van der Waals surface area contributed by atoms with Gasteiger partial charge in [0.15, 0.2) is 10.9 Å². The predicted octanol–water partition coefficient (Wildman–Crippen LogP) is 4.96. The molecule has 0 unspecified atom stereocenters. The molecule has 1 aromatic heterocycles. The molecule has 0 saturated carbocycles. The van der Waals surface area contributed by atoms with Gasteiger partial charge in [0.2, 0.25) is 11.0 Å². The normalized spacial score (nSPS) is 11.1. The minimum atomic E-state index is -4.58. The van der Waals surface area contributed by atoms with E-state index in [4.69, 9.17) is 16.3 Å². The van der Waals surface area contributed by atoms with Crippen LogP contribution in [0.15, 0.2) is 52.9 Å². The van der Waals surface area contributed by atoms with E-state index in [2.05, 4.69) is 20.8 Å². The van der Waals surface area contributed by atoms with E-state index in [1.54, 1.807) is 24.3 Å². The van der Waals surface area contributed by atoms with E-state index in [1.165, 1.54) is 18.2 Å². The number of aromatic nitrogens is 2. The quantitative estimate of drug-likeness (QED) is 0.334. The molecule has 0 fully saturated rings. The number of benzene rings is 2. The summed E-state index contributed by atoms with van der Waals surface area (Å²) in [5.41, 5.74) is -1.25. The zero-order chi connectivity index (χ0) is 23.1. The first kappa shape index (κ1) is 23.8. The van der Waals surface area contributed by atoms with Gasteiger partial charge in [-0.25, -0.2) is 0 Å². The van der Waals surface area contributed by atoms with Crippen molar-refractivity contribution in [2.24, 2.45) is 0 Å². The number of alkyl halides is 3. The second-order valence-electron chi connectivity index (χ2n) is 6.04. The summed E-state index contributed by atoms with van der Waals surface area (Å²) in [6.07, 6.45) is -4.58. The molecule has 3 aromatic rings. The summed E-state index contributed by atoms with van der Waals surface area (Å²) in [5.74, 6) is -0.816. The number of nitrogens with one attached hydrogen (secondary N) is 2. The highest BCUT2D eigenvalue weighted by Crippen LogP contribution is 2.34. The first-order valence-electron chi connectivity index (χ1n) is 8.81. The van der Waals surface area contributed by atoms with E-state index in [1.807, 2.05) is 0 Å². The van der Waals surface area contributed by atoms with Crippen molar-refractivity contribution in [1.82, 2.24) is 10.2 Å². The molecular formula is C19H14ClF3N4O3S2. The minimum Gasteiger partial charge on any atom is -0.484 e. The molecule has 13 heteroatoms. The molecule has 2 N–H and O–H groups in total. The zero-order valence-electron chi connectivity index (χ0n) is 16.0. The van der Waals surface area contributed by atoms with Crippen molar-refractivity contribution in [2.75, 3.05) is 23.0 Å². The van der Waals surface area contributed by atoms with E-state index in [9.17, 15) is 22.8 Å². The molecule has 3 rings (SSSR count). The fraction of sp³-hybridized carbons (Fsp3) is 0.158. The largest absolute Gasteiger partial charge is 0.484 e. The van der Waals surface area contributed by atoms with E-state index in [0.717, 1.165) is 29.2 Å². The summed E-state index contributed by atoms with van der Waals surface area (Å²) < 4.78 is 44.7. The van der Waals surface area contributed by atoms with E-state index < -0.39 is 23.6 Å². The highest BCUT2D eigenvalue weighted by Gasteiger charge is 2.33. The van der Waals surface area contributed by atoms with Gasteiger partial charge in [-0.1, -0.05) is 46.8 Å². The van der Waals surface area contributed by atoms with Crippen LogP contribution >= 0.6 is 34.7 Å². The molecule has 168 valence electrons. The lowest BCUT2D eigenvalue weighted by Gasteiger charge is -2.13. The highest BCUT2D eigenvalue weighted by molar-refractivity contribution is 8.01. The van der Waals surface area contributed by atoms with Gasteiger partial charge in [-0.05, 0) is 36.4 Å². The molecular weight excluding hydrogens is 489 g/mol. The molecule has 1 heterocycles. The summed E-state index contributed by atoms with van der Waals surface area (Å²) in [6.45, 7) is -0.259. The topological polar surface area (TPSA) is 93.2 Å². The smallest absolute Gasteiger partial charge is 0.418 e. The maximum atomic E-state index is 13.0. The molecule has 0 aliphatic heterocycles. The van der Waals surface area contributed by atoms with Gasteiger partial charge in [0.25, 0.3) is 5.91 Å². The number of hydrogen-bond donors (Lipinski definition) is 2. The fourth-order valence-electron chi connectivity index (χ4n) is 2.31. The molecule has 0 saturated heterocycles. The Bertz CT molecular complexity index is 1090. The SMILES string of the molecule is O=C(COc1ccc(Cl)cc1)Nc1nnc(SCC(=O)Nc2ccccc2C(F)(F)F)s1. The van der Waals surface area contributed by atoms with Crippen molar-refractivity contribution >= 4 is 57.3 Å². The van der Waals surface area contributed by atoms with Crippen LogP contribution in [0.25, 0.3) is 0 Å². The first-order valence-corrected chi connectivity index (χ1v) is 11.0. The highest BCUT2D eigenvalue weighted by atomic mass is 35.5. The molecule has 0 aliphatic carbocycles. The van der Waals surface area contributed by atoms with Crippen LogP contribution in [0.4, 0.5) is 24.0 Å². The maximum Gasteiger partial charge on any atom is 0.418 e. The van der Waals surface area contributed by atoms with Crippen molar-refractivity contribution in [3.05, 3.63) is 59.1 Å². The third kappa shape index (κ3) is 7.11. The summed E-state index contributed by atoms with van der Waals surface area (Å²) in [7, 11) is 0. The minimum absolute atomic E-state index is 0.186. The van der Waals surface area contributed by atoms with E-state index in [0.29, 0.717) is 15.1 Å². The van der Waals surface area contributed by atoms with Crippen LogP contribution in [-0.2, 0) is 15.8 Å². The number of hydrogen-bond acceptors (Lipinski definition) is 7. The number of amides is 2. The van der Waals surface area contributed by atoms with E-state index >= 15 is 0 Å². The maximum absolute atomic E-state index is 13.0. The van der Waals surface area contributed by atoms with Crippen LogP contribution < -0.4 is 15.4 Å². The van der Waals surface area contributed by atoms with E-state index in [-0.39, 0.29) is 23.2 Å². The lowest BCUT2D eigenvalue weighted by Crippen LogP contribution is -2.20. The van der Waals surface area contributed by atoms with Crippen LogP contribution in [0.3, 0.4) is 0 Å². The van der Waals surface area contributed by atoms with Gasteiger partial charge in [-0.3, -0.25) is 14.9 Å². The van der Waals surface area contributed by atoms with Crippen molar-refractivity contribution in [1.29, 1.82) is 0 Å². The molecule has 0 radical (unpaired) electrons. The number of ether oxygens (including phenoxy) is 1. The number of para-hydroxylation sites is 1. The van der Waals surface area contributed by atoms with Crippen LogP contribution in [0, 0.1) is 0 Å². The van der Waals surface area contributed by atoms with Crippen molar-refractivity contribution < 1.29 is 27.5 Å². The van der Waals surface area contributed by atoms with Gasteiger partial charge in [0.1, 0.15) is 5.75 Å². The van der Waals surface area contributed by atoms with Gasteiger partial charge in [-0.2, -0.15) is 13.2 Å². The molecule has 32 heavy (non-hydrogen) atoms. The Morgan fingerprint density at radius 1 is 1.03 bits per heavy atom. The van der Waals surface area contributed by atoms with Gasteiger partial charge >= 0.3 is 6.18 Å². The Morgan fingerprint density at radius 3 is 2.47 bits per heavy atom. The number of carbonyl (C=O) groups excluding carboxylic acids is 2. The molecule has 7 nitrogen and oxygen atoms in total. The second-order valence-corrected chi connectivity index (χ2v) is 8.68.